The molecular weight excluding hydrogens is 230 g/mol. The van der Waals surface area contributed by atoms with Crippen LogP contribution >= 0.6 is 0 Å². The molecule has 0 atom stereocenters. The van der Waals surface area contributed by atoms with Crippen LogP contribution in [0.15, 0.2) is 12.3 Å². The summed E-state index contributed by atoms with van der Waals surface area (Å²) in [7, 11) is 3.72. The van der Waals surface area contributed by atoms with Gasteiger partial charge >= 0.3 is 0 Å². The van der Waals surface area contributed by atoms with Crippen LogP contribution in [0, 0.1) is 0 Å². The zero-order chi connectivity index (χ0) is 12.7. The molecule has 1 aliphatic rings. The molecular formula is C11H15N7. The van der Waals surface area contributed by atoms with Crippen molar-refractivity contribution < 1.29 is 0 Å². The van der Waals surface area contributed by atoms with E-state index in [0.29, 0.717) is 17.8 Å². The monoisotopic (exact) mass is 245 g/mol. The highest BCUT2D eigenvalue weighted by Gasteiger charge is 2.26. The minimum atomic E-state index is 0.201. The van der Waals surface area contributed by atoms with Crippen molar-refractivity contribution in [3.8, 4) is 5.95 Å². The molecule has 0 radical (unpaired) electrons. The van der Waals surface area contributed by atoms with Crippen molar-refractivity contribution in [1.82, 2.24) is 24.7 Å². The minimum absolute atomic E-state index is 0.201. The van der Waals surface area contributed by atoms with Crippen LogP contribution in [0.1, 0.15) is 24.5 Å². The predicted octanol–water partition coefficient (Wildman–Crippen LogP) is 0.583. The van der Waals surface area contributed by atoms with E-state index in [4.69, 9.17) is 5.73 Å². The van der Waals surface area contributed by atoms with E-state index in [1.54, 1.807) is 9.58 Å². The van der Waals surface area contributed by atoms with Gasteiger partial charge in [0.25, 0.3) is 5.95 Å². The molecule has 1 fully saturated rings. The van der Waals surface area contributed by atoms with Crippen LogP contribution < -0.4 is 10.6 Å². The van der Waals surface area contributed by atoms with Gasteiger partial charge in [0.2, 0.25) is 11.9 Å². The number of hydrogen-bond donors (Lipinski definition) is 1. The Morgan fingerprint density at radius 3 is 2.72 bits per heavy atom. The number of nitrogen functional groups attached to an aromatic ring is 1. The van der Waals surface area contributed by atoms with Gasteiger partial charge in [-0.2, -0.15) is 20.1 Å². The van der Waals surface area contributed by atoms with E-state index in [9.17, 15) is 0 Å². The zero-order valence-electron chi connectivity index (χ0n) is 10.4. The molecule has 7 nitrogen and oxygen atoms in total. The molecule has 0 aliphatic heterocycles. The molecule has 7 heteroatoms. The topological polar surface area (TPSA) is 85.8 Å². The largest absolute Gasteiger partial charge is 0.368 e. The van der Waals surface area contributed by atoms with Crippen LogP contribution in [-0.2, 0) is 0 Å². The molecule has 2 aromatic heterocycles. The normalized spacial score (nSPS) is 14.8. The fourth-order valence-corrected chi connectivity index (χ4v) is 1.72. The lowest BCUT2D eigenvalue weighted by Crippen LogP contribution is -2.17. The summed E-state index contributed by atoms with van der Waals surface area (Å²) in [6.07, 6.45) is 4.31. The summed E-state index contributed by atoms with van der Waals surface area (Å²) in [5, 5.41) is 4.47. The maximum absolute atomic E-state index is 5.68. The van der Waals surface area contributed by atoms with Crippen LogP contribution in [0.3, 0.4) is 0 Å². The van der Waals surface area contributed by atoms with Crippen LogP contribution in [0.25, 0.3) is 5.95 Å². The van der Waals surface area contributed by atoms with Gasteiger partial charge in [0.15, 0.2) is 0 Å². The first kappa shape index (κ1) is 10.9. The highest BCUT2D eigenvalue weighted by Crippen LogP contribution is 2.38. The smallest absolute Gasteiger partial charge is 0.257 e. The highest BCUT2D eigenvalue weighted by molar-refractivity contribution is 5.36. The first-order chi connectivity index (χ1) is 8.63. The lowest BCUT2D eigenvalue weighted by Gasteiger charge is -2.11. The summed E-state index contributed by atoms with van der Waals surface area (Å²) in [6, 6.07) is 2.01. The number of rotatable bonds is 3. The van der Waals surface area contributed by atoms with Crippen LogP contribution in [-0.4, -0.2) is 38.8 Å². The van der Waals surface area contributed by atoms with Gasteiger partial charge in [-0.15, -0.1) is 0 Å². The predicted molar refractivity (Wildman–Crippen MR) is 67.7 cm³/mol. The molecule has 0 spiro atoms. The number of aromatic nitrogens is 5. The fourth-order valence-electron chi connectivity index (χ4n) is 1.72. The van der Waals surface area contributed by atoms with Gasteiger partial charge in [-0.3, -0.25) is 0 Å². The SMILES string of the molecule is CN(C)c1nc(N)nc(-n2ccc(C3CC3)n2)n1. The Labute approximate surface area is 105 Å². The first-order valence-corrected chi connectivity index (χ1v) is 5.88. The van der Waals surface area contributed by atoms with Gasteiger partial charge in [-0.1, -0.05) is 0 Å². The average molecular weight is 245 g/mol. The maximum atomic E-state index is 5.68. The van der Waals surface area contributed by atoms with Crippen molar-refractivity contribution in [3.63, 3.8) is 0 Å². The zero-order valence-corrected chi connectivity index (χ0v) is 10.4. The van der Waals surface area contributed by atoms with Crippen LogP contribution in [0.5, 0.6) is 0 Å². The van der Waals surface area contributed by atoms with Gasteiger partial charge < -0.3 is 10.6 Å². The molecule has 2 heterocycles. The van der Waals surface area contributed by atoms with E-state index in [0.717, 1.165) is 5.69 Å². The molecule has 0 saturated heterocycles. The van der Waals surface area contributed by atoms with E-state index in [1.807, 2.05) is 26.4 Å². The van der Waals surface area contributed by atoms with Gasteiger partial charge in [0.05, 0.1) is 5.69 Å². The second kappa shape index (κ2) is 3.94. The number of hydrogen-bond acceptors (Lipinski definition) is 6. The Bertz CT molecular complexity index is 571. The van der Waals surface area contributed by atoms with Crippen molar-refractivity contribution in [3.05, 3.63) is 18.0 Å². The maximum Gasteiger partial charge on any atom is 0.257 e. The summed E-state index contributed by atoms with van der Waals surface area (Å²) in [5.41, 5.74) is 6.78. The minimum Gasteiger partial charge on any atom is -0.368 e. The van der Waals surface area contributed by atoms with Gasteiger partial charge in [-0.25, -0.2) is 4.68 Å². The molecule has 0 unspecified atom stereocenters. The van der Waals surface area contributed by atoms with E-state index >= 15 is 0 Å². The van der Waals surface area contributed by atoms with Gasteiger partial charge in [-0.05, 0) is 18.9 Å². The molecule has 2 N–H and O–H groups in total. The van der Waals surface area contributed by atoms with Crippen molar-refractivity contribution in [2.45, 2.75) is 18.8 Å². The third kappa shape index (κ3) is 1.99. The third-order valence-electron chi connectivity index (χ3n) is 2.84. The van der Waals surface area contributed by atoms with Gasteiger partial charge in [0, 0.05) is 26.2 Å². The molecule has 2 aromatic rings. The molecule has 1 aliphatic carbocycles. The van der Waals surface area contributed by atoms with Gasteiger partial charge in [0.1, 0.15) is 0 Å². The number of nitrogens with zero attached hydrogens (tertiary/aromatic N) is 6. The molecule has 18 heavy (non-hydrogen) atoms. The standard InChI is InChI=1S/C11H15N7/c1-17(2)10-13-9(12)14-11(15-10)18-6-5-8(16-18)7-3-4-7/h5-7H,3-4H2,1-2H3,(H2,12,13,14,15). The molecule has 1 saturated carbocycles. The van der Waals surface area contributed by atoms with E-state index in [-0.39, 0.29) is 5.95 Å². The fraction of sp³-hybridized carbons (Fsp3) is 0.455. The average Bonchev–Trinajstić information content (AvgIpc) is 3.06. The summed E-state index contributed by atoms with van der Waals surface area (Å²) < 4.78 is 1.65. The first-order valence-electron chi connectivity index (χ1n) is 5.88. The van der Waals surface area contributed by atoms with E-state index in [1.165, 1.54) is 12.8 Å². The second-order valence-corrected chi connectivity index (χ2v) is 4.65. The number of nitrogens with two attached hydrogens (primary N) is 1. The highest BCUT2D eigenvalue weighted by atomic mass is 15.4. The Morgan fingerprint density at radius 2 is 2.06 bits per heavy atom. The quantitative estimate of drug-likeness (QED) is 0.851. The molecule has 0 amide bonds. The van der Waals surface area contributed by atoms with E-state index in [2.05, 4.69) is 20.1 Å². The Hall–Kier alpha value is -2.18. The molecule has 0 aromatic carbocycles. The molecule has 3 rings (SSSR count). The van der Waals surface area contributed by atoms with Crippen molar-refractivity contribution >= 4 is 11.9 Å². The van der Waals surface area contributed by atoms with E-state index < -0.39 is 0 Å². The summed E-state index contributed by atoms with van der Waals surface area (Å²) in [6.45, 7) is 0. The Kier molecular flexibility index (Phi) is 2.39. The lowest BCUT2D eigenvalue weighted by atomic mass is 10.3. The second-order valence-electron chi connectivity index (χ2n) is 4.65. The third-order valence-corrected chi connectivity index (χ3v) is 2.84. The van der Waals surface area contributed by atoms with Crippen molar-refractivity contribution in [1.29, 1.82) is 0 Å². The summed E-state index contributed by atoms with van der Waals surface area (Å²) in [4.78, 5) is 14.3. The van der Waals surface area contributed by atoms with Crippen LogP contribution in [0.2, 0.25) is 0 Å². The van der Waals surface area contributed by atoms with Crippen molar-refractivity contribution in [2.75, 3.05) is 24.7 Å². The van der Waals surface area contributed by atoms with Crippen molar-refractivity contribution in [2.24, 2.45) is 0 Å². The summed E-state index contributed by atoms with van der Waals surface area (Å²) in [5.74, 6) is 1.80. The molecule has 94 valence electrons. The van der Waals surface area contributed by atoms with Crippen LogP contribution in [0.4, 0.5) is 11.9 Å². The number of anilines is 2. The Balaban J connectivity index is 1.98. The molecule has 0 bridgehead atoms. The summed E-state index contributed by atoms with van der Waals surface area (Å²) >= 11 is 0. The Morgan fingerprint density at radius 1 is 1.28 bits per heavy atom. The lowest BCUT2D eigenvalue weighted by molar-refractivity contribution is 0.771.